The summed E-state index contributed by atoms with van der Waals surface area (Å²) in [4.78, 5) is 13.1. The molecular formula is C10H18ClNO3. The number of rotatable bonds is 2. The molecule has 4 nitrogen and oxygen atoms in total. The van der Waals surface area contributed by atoms with E-state index in [1.54, 1.807) is 0 Å². The first-order valence-corrected chi connectivity index (χ1v) is 5.35. The van der Waals surface area contributed by atoms with Crippen LogP contribution in [0.25, 0.3) is 0 Å². The average Bonchev–Trinajstić information content (AvgIpc) is 2.70. The second-order valence-electron chi connectivity index (χ2n) is 4.11. The Hall–Kier alpha value is -0.320. The molecule has 0 aromatic rings. The van der Waals surface area contributed by atoms with Crippen LogP contribution in [0.3, 0.4) is 0 Å². The minimum Gasteiger partial charge on any atom is -0.480 e. The Labute approximate surface area is 96.0 Å². The Balaban J connectivity index is 0.00000112. The summed E-state index contributed by atoms with van der Waals surface area (Å²) in [5.74, 6) is -0.739. The zero-order chi connectivity index (χ0) is 9.97. The third-order valence-corrected chi connectivity index (χ3v) is 3.25. The fourth-order valence-electron chi connectivity index (χ4n) is 2.50. The van der Waals surface area contributed by atoms with Gasteiger partial charge in [-0.25, -0.2) is 0 Å². The third-order valence-electron chi connectivity index (χ3n) is 3.25. The van der Waals surface area contributed by atoms with Gasteiger partial charge in [-0.15, -0.1) is 12.4 Å². The van der Waals surface area contributed by atoms with Crippen molar-refractivity contribution in [2.75, 3.05) is 19.8 Å². The second kappa shape index (κ2) is 5.68. The van der Waals surface area contributed by atoms with Crippen LogP contribution in [-0.2, 0) is 9.53 Å². The lowest BCUT2D eigenvalue weighted by molar-refractivity contribution is -0.151. The normalized spacial score (nSPS) is 28.7. The number of morpholine rings is 1. The summed E-state index contributed by atoms with van der Waals surface area (Å²) in [5, 5.41) is 9.05. The van der Waals surface area contributed by atoms with E-state index in [9.17, 15) is 4.79 Å². The van der Waals surface area contributed by atoms with Gasteiger partial charge in [0.25, 0.3) is 0 Å². The molecule has 0 bridgehead atoms. The van der Waals surface area contributed by atoms with E-state index in [4.69, 9.17) is 9.84 Å². The van der Waals surface area contributed by atoms with Crippen LogP contribution in [0.2, 0.25) is 0 Å². The molecule has 2 fully saturated rings. The molecule has 2 rings (SSSR count). The Morgan fingerprint density at radius 2 is 2.00 bits per heavy atom. The van der Waals surface area contributed by atoms with Gasteiger partial charge in [-0.3, -0.25) is 9.69 Å². The lowest BCUT2D eigenvalue weighted by Gasteiger charge is -2.37. The van der Waals surface area contributed by atoms with Crippen molar-refractivity contribution < 1.29 is 14.6 Å². The number of halogens is 1. The maximum Gasteiger partial charge on any atom is 0.323 e. The quantitative estimate of drug-likeness (QED) is 0.780. The third kappa shape index (κ3) is 2.83. The molecule has 1 unspecified atom stereocenters. The molecule has 0 amide bonds. The van der Waals surface area contributed by atoms with Gasteiger partial charge in [0.15, 0.2) is 0 Å². The van der Waals surface area contributed by atoms with Crippen molar-refractivity contribution in [3.05, 3.63) is 0 Å². The second-order valence-corrected chi connectivity index (χ2v) is 4.11. The standard InChI is InChI=1S/C10H17NO3.ClH/c12-10(13)9-7-14-6-5-11(9)8-3-1-2-4-8;/h8-9H,1-7H2,(H,12,13);1H. The number of aliphatic carboxylic acids is 1. The van der Waals surface area contributed by atoms with Gasteiger partial charge in [0.2, 0.25) is 0 Å². The summed E-state index contributed by atoms with van der Waals surface area (Å²) in [6.07, 6.45) is 4.80. The number of ether oxygens (including phenoxy) is 1. The Morgan fingerprint density at radius 3 is 2.60 bits per heavy atom. The van der Waals surface area contributed by atoms with Crippen LogP contribution < -0.4 is 0 Å². The van der Waals surface area contributed by atoms with Crippen LogP contribution in [-0.4, -0.2) is 47.8 Å². The van der Waals surface area contributed by atoms with Gasteiger partial charge in [-0.1, -0.05) is 12.8 Å². The number of carboxylic acids is 1. The monoisotopic (exact) mass is 235 g/mol. The molecule has 0 aromatic heterocycles. The zero-order valence-electron chi connectivity index (χ0n) is 8.72. The van der Waals surface area contributed by atoms with Crippen molar-refractivity contribution in [3.8, 4) is 0 Å². The Morgan fingerprint density at radius 1 is 1.33 bits per heavy atom. The minimum absolute atomic E-state index is 0. The average molecular weight is 236 g/mol. The minimum atomic E-state index is -0.739. The van der Waals surface area contributed by atoms with Crippen LogP contribution >= 0.6 is 12.4 Å². The predicted molar refractivity (Wildman–Crippen MR) is 58.5 cm³/mol. The number of carbonyl (C=O) groups is 1. The van der Waals surface area contributed by atoms with Gasteiger partial charge >= 0.3 is 5.97 Å². The van der Waals surface area contributed by atoms with Crippen LogP contribution in [0.1, 0.15) is 25.7 Å². The first-order valence-electron chi connectivity index (χ1n) is 5.35. The van der Waals surface area contributed by atoms with E-state index in [2.05, 4.69) is 4.90 Å². The predicted octanol–water partition coefficient (Wildman–Crippen LogP) is 1.14. The lowest BCUT2D eigenvalue weighted by Crippen LogP contribution is -2.53. The van der Waals surface area contributed by atoms with Crippen molar-refractivity contribution in [2.45, 2.75) is 37.8 Å². The van der Waals surface area contributed by atoms with Crippen molar-refractivity contribution in [1.82, 2.24) is 4.90 Å². The smallest absolute Gasteiger partial charge is 0.323 e. The number of hydrogen-bond donors (Lipinski definition) is 1. The van der Waals surface area contributed by atoms with E-state index in [0.29, 0.717) is 19.3 Å². The first-order chi connectivity index (χ1) is 6.79. The van der Waals surface area contributed by atoms with Gasteiger partial charge in [-0.05, 0) is 12.8 Å². The van der Waals surface area contributed by atoms with Crippen LogP contribution in [0.15, 0.2) is 0 Å². The van der Waals surface area contributed by atoms with Crippen molar-refractivity contribution in [2.24, 2.45) is 0 Å². The molecule has 1 saturated carbocycles. The van der Waals surface area contributed by atoms with Gasteiger partial charge in [0.05, 0.1) is 13.2 Å². The van der Waals surface area contributed by atoms with Gasteiger partial charge < -0.3 is 9.84 Å². The van der Waals surface area contributed by atoms with Crippen LogP contribution in [0.4, 0.5) is 0 Å². The molecule has 1 heterocycles. The molecule has 0 radical (unpaired) electrons. The molecule has 15 heavy (non-hydrogen) atoms. The van der Waals surface area contributed by atoms with Gasteiger partial charge in [0.1, 0.15) is 6.04 Å². The summed E-state index contributed by atoms with van der Waals surface area (Å²) in [5.41, 5.74) is 0. The van der Waals surface area contributed by atoms with Gasteiger partial charge in [-0.2, -0.15) is 0 Å². The van der Waals surface area contributed by atoms with E-state index >= 15 is 0 Å². The maximum atomic E-state index is 11.0. The topological polar surface area (TPSA) is 49.8 Å². The van der Waals surface area contributed by atoms with E-state index in [1.807, 2.05) is 0 Å². The maximum absolute atomic E-state index is 11.0. The molecule has 1 N–H and O–H groups in total. The highest BCUT2D eigenvalue weighted by molar-refractivity contribution is 5.85. The SMILES string of the molecule is Cl.O=C(O)C1COCCN1C1CCCC1. The molecular weight excluding hydrogens is 218 g/mol. The number of nitrogens with zero attached hydrogens (tertiary/aromatic N) is 1. The Kier molecular flexibility index (Phi) is 4.83. The summed E-state index contributed by atoms with van der Waals surface area (Å²) in [7, 11) is 0. The molecule has 88 valence electrons. The number of hydrogen-bond acceptors (Lipinski definition) is 3. The van der Waals surface area contributed by atoms with Gasteiger partial charge in [0, 0.05) is 12.6 Å². The highest BCUT2D eigenvalue weighted by Crippen LogP contribution is 2.26. The van der Waals surface area contributed by atoms with Crippen molar-refractivity contribution in [3.63, 3.8) is 0 Å². The first kappa shape index (κ1) is 12.7. The van der Waals surface area contributed by atoms with Crippen molar-refractivity contribution in [1.29, 1.82) is 0 Å². The van der Waals surface area contributed by atoms with Crippen LogP contribution in [0.5, 0.6) is 0 Å². The highest BCUT2D eigenvalue weighted by atomic mass is 35.5. The summed E-state index contributed by atoms with van der Waals surface area (Å²) in [6, 6.07) is 0.0758. The van der Waals surface area contributed by atoms with E-state index in [-0.39, 0.29) is 12.4 Å². The Bertz CT molecular complexity index is 219. The molecule has 0 spiro atoms. The van der Waals surface area contributed by atoms with Crippen molar-refractivity contribution >= 4 is 18.4 Å². The summed E-state index contributed by atoms with van der Waals surface area (Å²) >= 11 is 0. The van der Waals surface area contributed by atoms with Crippen LogP contribution in [0, 0.1) is 0 Å². The molecule has 2 aliphatic rings. The fraction of sp³-hybridized carbons (Fsp3) is 0.900. The van der Waals surface area contributed by atoms with E-state index < -0.39 is 12.0 Å². The highest BCUT2D eigenvalue weighted by Gasteiger charge is 2.35. The largest absolute Gasteiger partial charge is 0.480 e. The lowest BCUT2D eigenvalue weighted by atomic mass is 10.1. The number of carboxylic acid groups (broad SMARTS) is 1. The fourth-order valence-corrected chi connectivity index (χ4v) is 2.50. The summed E-state index contributed by atoms with van der Waals surface area (Å²) < 4.78 is 5.21. The molecule has 1 saturated heterocycles. The summed E-state index contributed by atoms with van der Waals surface area (Å²) in [6.45, 7) is 1.81. The van der Waals surface area contributed by atoms with E-state index in [1.165, 1.54) is 12.8 Å². The zero-order valence-corrected chi connectivity index (χ0v) is 9.54. The molecule has 1 aliphatic carbocycles. The molecule has 0 aromatic carbocycles. The van der Waals surface area contributed by atoms with E-state index in [0.717, 1.165) is 19.4 Å². The molecule has 5 heteroatoms. The molecule has 1 atom stereocenters. The molecule has 1 aliphatic heterocycles.